The zero-order valence-electron chi connectivity index (χ0n) is 11.6. The zero-order valence-corrected chi connectivity index (χ0v) is 12.4. The summed E-state index contributed by atoms with van der Waals surface area (Å²) in [6, 6.07) is 8.85. The fourth-order valence-electron chi connectivity index (χ4n) is 2.41. The van der Waals surface area contributed by atoms with Gasteiger partial charge in [-0.3, -0.25) is 0 Å². The molecule has 1 aliphatic rings. The molecule has 2 rings (SSSR count). The molecular formula is C16H22O2S. The Hall–Kier alpha value is -1.09. The van der Waals surface area contributed by atoms with Gasteiger partial charge in [-0.05, 0) is 44.2 Å². The van der Waals surface area contributed by atoms with Crippen molar-refractivity contribution in [3.63, 3.8) is 0 Å². The van der Waals surface area contributed by atoms with Gasteiger partial charge in [0.1, 0.15) is 0 Å². The summed E-state index contributed by atoms with van der Waals surface area (Å²) in [5, 5.41) is 0. The molecule has 0 saturated heterocycles. The predicted molar refractivity (Wildman–Crippen MR) is 78.6 cm³/mol. The van der Waals surface area contributed by atoms with E-state index in [1.54, 1.807) is 24.3 Å². The Labute approximate surface area is 116 Å². The highest BCUT2D eigenvalue weighted by molar-refractivity contribution is 7.95. The van der Waals surface area contributed by atoms with Gasteiger partial charge < -0.3 is 0 Å². The first-order valence-corrected chi connectivity index (χ1v) is 8.65. The number of benzene rings is 1. The fourth-order valence-corrected chi connectivity index (χ4v) is 4.21. The third-order valence-corrected chi connectivity index (χ3v) is 5.77. The van der Waals surface area contributed by atoms with E-state index in [4.69, 9.17) is 0 Å². The van der Waals surface area contributed by atoms with E-state index in [1.807, 2.05) is 6.07 Å². The second-order valence-electron chi connectivity index (χ2n) is 5.15. The monoisotopic (exact) mass is 278 g/mol. The van der Waals surface area contributed by atoms with Gasteiger partial charge in [0, 0.05) is 4.91 Å². The van der Waals surface area contributed by atoms with Crippen LogP contribution in [0.4, 0.5) is 0 Å². The number of rotatable bonds is 6. The molecule has 1 fully saturated rings. The Bertz CT molecular complexity index is 535. The van der Waals surface area contributed by atoms with Gasteiger partial charge in [0.2, 0.25) is 9.84 Å². The van der Waals surface area contributed by atoms with Crippen LogP contribution in [-0.4, -0.2) is 8.42 Å². The first-order chi connectivity index (χ1) is 9.16. The summed E-state index contributed by atoms with van der Waals surface area (Å²) in [5.41, 5.74) is 1.17. The van der Waals surface area contributed by atoms with Gasteiger partial charge in [-0.25, -0.2) is 8.42 Å². The summed E-state index contributed by atoms with van der Waals surface area (Å²) in [4.78, 5) is 1.15. The van der Waals surface area contributed by atoms with Crippen LogP contribution in [0.1, 0.15) is 51.9 Å². The SMILES string of the molecule is CCCCCC(=C1CCC1)S(=O)(=O)c1ccccc1. The van der Waals surface area contributed by atoms with Crippen LogP contribution in [-0.2, 0) is 9.84 Å². The Kier molecular flexibility index (Phi) is 4.81. The maximum absolute atomic E-state index is 12.7. The summed E-state index contributed by atoms with van der Waals surface area (Å²) in [7, 11) is -3.26. The molecule has 3 heteroatoms. The average molecular weight is 278 g/mol. The molecule has 0 unspecified atom stereocenters. The first kappa shape index (κ1) is 14.3. The normalized spacial score (nSPS) is 15.1. The van der Waals surface area contributed by atoms with Crippen molar-refractivity contribution < 1.29 is 8.42 Å². The van der Waals surface area contributed by atoms with Gasteiger partial charge in [-0.1, -0.05) is 43.5 Å². The molecule has 0 atom stereocenters. The molecule has 0 N–H and O–H groups in total. The van der Waals surface area contributed by atoms with E-state index < -0.39 is 9.84 Å². The van der Waals surface area contributed by atoms with E-state index in [1.165, 1.54) is 5.57 Å². The molecule has 1 aliphatic carbocycles. The van der Waals surface area contributed by atoms with Crippen LogP contribution in [0.5, 0.6) is 0 Å². The second kappa shape index (κ2) is 6.38. The molecule has 2 nitrogen and oxygen atoms in total. The van der Waals surface area contributed by atoms with Crippen LogP contribution in [0.25, 0.3) is 0 Å². The van der Waals surface area contributed by atoms with Crippen LogP contribution in [0.15, 0.2) is 45.7 Å². The van der Waals surface area contributed by atoms with Crippen molar-refractivity contribution in [3.8, 4) is 0 Å². The van der Waals surface area contributed by atoms with Crippen molar-refractivity contribution in [3.05, 3.63) is 40.8 Å². The van der Waals surface area contributed by atoms with E-state index in [9.17, 15) is 8.42 Å². The van der Waals surface area contributed by atoms with Crippen LogP contribution < -0.4 is 0 Å². The molecule has 1 aromatic carbocycles. The molecule has 104 valence electrons. The molecule has 0 bridgehead atoms. The summed E-state index contributed by atoms with van der Waals surface area (Å²) < 4.78 is 25.4. The average Bonchev–Trinajstić information content (AvgIpc) is 2.36. The minimum Gasteiger partial charge on any atom is -0.219 e. The van der Waals surface area contributed by atoms with Crippen molar-refractivity contribution in [1.29, 1.82) is 0 Å². The molecule has 0 aliphatic heterocycles. The minimum absolute atomic E-state index is 0.445. The van der Waals surface area contributed by atoms with E-state index in [0.717, 1.165) is 38.5 Å². The van der Waals surface area contributed by atoms with Crippen molar-refractivity contribution >= 4 is 9.84 Å². The highest BCUT2D eigenvalue weighted by Gasteiger charge is 2.26. The Morgan fingerprint density at radius 2 is 1.79 bits per heavy atom. The molecule has 1 saturated carbocycles. The van der Waals surface area contributed by atoms with Gasteiger partial charge in [0.25, 0.3) is 0 Å². The molecule has 0 aromatic heterocycles. The lowest BCUT2D eigenvalue weighted by molar-refractivity contribution is 0.588. The largest absolute Gasteiger partial charge is 0.219 e. The molecule has 0 amide bonds. The van der Waals surface area contributed by atoms with Crippen molar-refractivity contribution in [1.82, 2.24) is 0 Å². The Balaban J connectivity index is 2.28. The lowest BCUT2D eigenvalue weighted by Crippen LogP contribution is -2.12. The number of hydrogen-bond acceptors (Lipinski definition) is 2. The summed E-state index contributed by atoms with van der Waals surface area (Å²) in [6.07, 6.45) is 6.97. The second-order valence-corrected chi connectivity index (χ2v) is 7.12. The lowest BCUT2D eigenvalue weighted by atomic mass is 9.91. The maximum Gasteiger partial charge on any atom is 0.202 e. The highest BCUT2D eigenvalue weighted by atomic mass is 32.2. The summed E-state index contributed by atoms with van der Waals surface area (Å²) >= 11 is 0. The Morgan fingerprint density at radius 3 is 2.32 bits per heavy atom. The third-order valence-electron chi connectivity index (χ3n) is 3.74. The van der Waals surface area contributed by atoms with Crippen molar-refractivity contribution in [2.24, 2.45) is 0 Å². The molecule has 0 radical (unpaired) electrons. The summed E-state index contributed by atoms with van der Waals surface area (Å²) in [6.45, 7) is 2.14. The van der Waals surface area contributed by atoms with Crippen LogP contribution in [0.3, 0.4) is 0 Å². The van der Waals surface area contributed by atoms with Crippen LogP contribution in [0, 0.1) is 0 Å². The van der Waals surface area contributed by atoms with E-state index in [-0.39, 0.29) is 0 Å². The first-order valence-electron chi connectivity index (χ1n) is 7.17. The van der Waals surface area contributed by atoms with E-state index in [0.29, 0.717) is 16.2 Å². The van der Waals surface area contributed by atoms with Gasteiger partial charge >= 0.3 is 0 Å². The molecular weight excluding hydrogens is 256 g/mol. The minimum atomic E-state index is -3.26. The standard InChI is InChI=1S/C16H22O2S/c1-2-3-5-13-16(14-9-8-10-14)19(17,18)15-11-6-4-7-12-15/h4,6-7,11-12H,2-3,5,8-10,13H2,1H3. The topological polar surface area (TPSA) is 34.1 Å². The Morgan fingerprint density at radius 1 is 1.11 bits per heavy atom. The molecule has 0 spiro atoms. The van der Waals surface area contributed by atoms with Crippen LogP contribution >= 0.6 is 0 Å². The van der Waals surface area contributed by atoms with E-state index >= 15 is 0 Å². The quantitative estimate of drug-likeness (QED) is 0.719. The van der Waals surface area contributed by atoms with Gasteiger partial charge in [0.05, 0.1) is 4.90 Å². The predicted octanol–water partition coefficient (Wildman–Crippen LogP) is 4.48. The number of hydrogen-bond donors (Lipinski definition) is 0. The highest BCUT2D eigenvalue weighted by Crippen LogP contribution is 2.36. The smallest absolute Gasteiger partial charge is 0.202 e. The molecule has 0 heterocycles. The fraction of sp³-hybridized carbons (Fsp3) is 0.500. The van der Waals surface area contributed by atoms with Gasteiger partial charge in [-0.2, -0.15) is 0 Å². The third kappa shape index (κ3) is 3.27. The number of allylic oxidation sites excluding steroid dienone is 2. The number of sulfone groups is 1. The van der Waals surface area contributed by atoms with E-state index in [2.05, 4.69) is 6.92 Å². The zero-order chi connectivity index (χ0) is 13.7. The van der Waals surface area contributed by atoms with Gasteiger partial charge in [-0.15, -0.1) is 0 Å². The summed E-state index contributed by atoms with van der Waals surface area (Å²) in [5.74, 6) is 0. The lowest BCUT2D eigenvalue weighted by Gasteiger charge is -2.22. The molecule has 1 aromatic rings. The maximum atomic E-state index is 12.7. The van der Waals surface area contributed by atoms with Gasteiger partial charge in [0.15, 0.2) is 0 Å². The van der Waals surface area contributed by atoms with Crippen molar-refractivity contribution in [2.45, 2.75) is 56.8 Å². The van der Waals surface area contributed by atoms with Crippen molar-refractivity contribution in [2.75, 3.05) is 0 Å². The van der Waals surface area contributed by atoms with Crippen LogP contribution in [0.2, 0.25) is 0 Å². The molecule has 19 heavy (non-hydrogen) atoms. The number of unbranched alkanes of at least 4 members (excludes halogenated alkanes) is 2.